The molecule has 1 fully saturated rings. The minimum atomic E-state index is -1.03. The van der Waals surface area contributed by atoms with Crippen molar-refractivity contribution in [3.63, 3.8) is 0 Å². The molecule has 0 saturated carbocycles. The van der Waals surface area contributed by atoms with Crippen molar-refractivity contribution in [3.05, 3.63) is 59.2 Å². The van der Waals surface area contributed by atoms with Gasteiger partial charge in [-0.05, 0) is 75.1 Å². The molecule has 0 aromatic heterocycles. The van der Waals surface area contributed by atoms with Crippen molar-refractivity contribution in [3.8, 4) is 17.2 Å². The fourth-order valence-electron chi connectivity index (χ4n) is 3.70. The number of nitrogens with zero attached hydrogens (tertiary/aromatic N) is 1. The van der Waals surface area contributed by atoms with Gasteiger partial charge < -0.3 is 4.74 Å². The first kappa shape index (κ1) is 19.0. The molecule has 0 bridgehead atoms. The van der Waals surface area contributed by atoms with Crippen molar-refractivity contribution in [1.82, 2.24) is 0 Å². The number of carbonyl (C=O) groups excluding carboxylic acids is 2. The zero-order valence-corrected chi connectivity index (χ0v) is 16.3. The summed E-state index contributed by atoms with van der Waals surface area (Å²) < 4.78 is 5.79. The maximum atomic E-state index is 13.0. The quantitative estimate of drug-likeness (QED) is 0.746. The molecule has 4 nitrogen and oxygen atoms in total. The van der Waals surface area contributed by atoms with E-state index in [9.17, 15) is 9.59 Å². The molecule has 0 N–H and O–H groups in total. The van der Waals surface area contributed by atoms with Crippen molar-refractivity contribution in [2.24, 2.45) is 0 Å². The van der Waals surface area contributed by atoms with Crippen LogP contribution in [0, 0.1) is 18.3 Å². The Morgan fingerprint density at radius 1 is 0.889 bits per heavy atom. The molecule has 0 spiro atoms. The van der Waals surface area contributed by atoms with E-state index >= 15 is 0 Å². The summed E-state index contributed by atoms with van der Waals surface area (Å²) in [6.07, 6.45) is 0. The topological polar surface area (TPSA) is 67.2 Å². The van der Waals surface area contributed by atoms with Crippen LogP contribution in [0.1, 0.15) is 50.3 Å². The maximum Gasteiger partial charge on any atom is 0.179 e. The lowest BCUT2D eigenvalue weighted by Gasteiger charge is -2.43. The number of nitriles is 1. The van der Waals surface area contributed by atoms with Gasteiger partial charge in [0.05, 0.1) is 11.6 Å². The van der Waals surface area contributed by atoms with Crippen molar-refractivity contribution >= 4 is 11.6 Å². The minimum Gasteiger partial charge on any atom is -0.354 e. The predicted molar refractivity (Wildman–Crippen MR) is 103 cm³/mol. The van der Waals surface area contributed by atoms with E-state index in [1.165, 1.54) is 0 Å². The van der Waals surface area contributed by atoms with Gasteiger partial charge >= 0.3 is 0 Å². The highest BCUT2D eigenvalue weighted by Gasteiger charge is 2.53. The molecule has 0 radical (unpaired) electrons. The maximum absolute atomic E-state index is 13.0. The smallest absolute Gasteiger partial charge is 0.179 e. The predicted octanol–water partition coefficient (Wildman–Crippen LogP) is 4.34. The number of ether oxygens (including phenoxy) is 1. The van der Waals surface area contributed by atoms with Crippen LogP contribution < -0.4 is 0 Å². The largest absolute Gasteiger partial charge is 0.354 e. The van der Waals surface area contributed by atoms with Crippen LogP contribution in [0.3, 0.4) is 0 Å². The lowest BCUT2D eigenvalue weighted by Crippen LogP contribution is -2.58. The number of ketones is 2. The fraction of sp³-hybridized carbons (Fsp3) is 0.348. The molecule has 1 aliphatic rings. The van der Waals surface area contributed by atoms with Gasteiger partial charge in [-0.1, -0.05) is 24.3 Å². The summed E-state index contributed by atoms with van der Waals surface area (Å²) in [6, 6.07) is 15.2. The monoisotopic (exact) mass is 361 g/mol. The highest BCUT2D eigenvalue weighted by Crippen LogP contribution is 2.40. The molecule has 2 aromatic rings. The van der Waals surface area contributed by atoms with Crippen LogP contribution in [0.4, 0.5) is 0 Å². The van der Waals surface area contributed by atoms with Gasteiger partial charge in [0.15, 0.2) is 11.6 Å². The van der Waals surface area contributed by atoms with Gasteiger partial charge in [-0.25, -0.2) is 0 Å². The first-order chi connectivity index (χ1) is 12.6. The van der Waals surface area contributed by atoms with Crippen molar-refractivity contribution in [2.45, 2.75) is 51.7 Å². The summed E-state index contributed by atoms with van der Waals surface area (Å²) in [5.74, 6) is -1.28. The van der Waals surface area contributed by atoms with E-state index in [4.69, 9.17) is 10.00 Å². The molecule has 3 rings (SSSR count). The second kappa shape index (κ2) is 6.44. The zero-order valence-electron chi connectivity index (χ0n) is 16.3. The standard InChI is InChI=1S/C23H23NO3/c1-14-6-9-17(16-10-7-15(13-24)8-11-16)12-18(14)19-20(25)22(2,3)27-23(4,5)21(19)26/h6-12,19H,1-5H3. The van der Waals surface area contributed by atoms with Crippen LogP contribution in [-0.4, -0.2) is 22.8 Å². The Kier molecular flexibility index (Phi) is 4.53. The van der Waals surface area contributed by atoms with Gasteiger partial charge in [0.1, 0.15) is 17.1 Å². The highest BCUT2D eigenvalue weighted by atomic mass is 16.5. The molecule has 2 aromatic carbocycles. The summed E-state index contributed by atoms with van der Waals surface area (Å²) in [5.41, 5.74) is 1.98. The fourth-order valence-corrected chi connectivity index (χ4v) is 3.70. The summed E-state index contributed by atoms with van der Waals surface area (Å²) in [7, 11) is 0. The number of Topliss-reactive ketones (excluding diaryl/α,β-unsaturated/α-hetero) is 2. The average Bonchev–Trinajstić information content (AvgIpc) is 2.61. The second-order valence-electron chi connectivity index (χ2n) is 8.04. The third-order valence-electron chi connectivity index (χ3n) is 5.16. The van der Waals surface area contributed by atoms with Crippen LogP contribution >= 0.6 is 0 Å². The summed E-state index contributed by atoms with van der Waals surface area (Å²) in [4.78, 5) is 26.1. The molecule has 1 heterocycles. The molecular weight excluding hydrogens is 338 g/mol. The van der Waals surface area contributed by atoms with Crippen molar-refractivity contribution in [2.75, 3.05) is 0 Å². The van der Waals surface area contributed by atoms with Crippen LogP contribution in [-0.2, 0) is 14.3 Å². The Morgan fingerprint density at radius 2 is 1.41 bits per heavy atom. The SMILES string of the molecule is Cc1ccc(-c2ccc(C#N)cc2)cc1C1C(=O)C(C)(C)OC(C)(C)C1=O. The van der Waals surface area contributed by atoms with Gasteiger partial charge in [-0.15, -0.1) is 0 Å². The third kappa shape index (κ3) is 3.31. The van der Waals surface area contributed by atoms with E-state index in [0.29, 0.717) is 5.56 Å². The van der Waals surface area contributed by atoms with Crippen molar-refractivity contribution < 1.29 is 14.3 Å². The van der Waals surface area contributed by atoms with Gasteiger partial charge in [0, 0.05) is 0 Å². The Hall–Kier alpha value is -2.77. The lowest BCUT2D eigenvalue weighted by atomic mass is 9.73. The number of rotatable bonds is 2. The van der Waals surface area contributed by atoms with Gasteiger partial charge in [0.2, 0.25) is 0 Å². The molecule has 0 unspecified atom stereocenters. The van der Waals surface area contributed by atoms with E-state index in [1.807, 2.05) is 37.3 Å². The Labute approximate surface area is 159 Å². The van der Waals surface area contributed by atoms with E-state index in [-0.39, 0.29) is 11.6 Å². The van der Waals surface area contributed by atoms with Gasteiger partial charge in [-0.3, -0.25) is 9.59 Å². The molecule has 4 heteroatoms. The van der Waals surface area contributed by atoms with Crippen LogP contribution in [0.5, 0.6) is 0 Å². The van der Waals surface area contributed by atoms with Crippen LogP contribution in [0.15, 0.2) is 42.5 Å². The molecule has 27 heavy (non-hydrogen) atoms. The van der Waals surface area contributed by atoms with Gasteiger partial charge in [-0.2, -0.15) is 5.26 Å². The van der Waals surface area contributed by atoms with E-state index < -0.39 is 17.1 Å². The van der Waals surface area contributed by atoms with E-state index in [1.54, 1.807) is 39.8 Å². The lowest BCUT2D eigenvalue weighted by molar-refractivity contribution is -0.184. The average molecular weight is 361 g/mol. The molecule has 0 atom stereocenters. The molecule has 0 aliphatic carbocycles. The summed E-state index contributed by atoms with van der Waals surface area (Å²) >= 11 is 0. The van der Waals surface area contributed by atoms with E-state index in [0.717, 1.165) is 22.3 Å². The highest BCUT2D eigenvalue weighted by molar-refractivity contribution is 6.15. The number of carbonyl (C=O) groups is 2. The number of hydrogen-bond donors (Lipinski definition) is 0. The molecule has 0 amide bonds. The third-order valence-corrected chi connectivity index (χ3v) is 5.16. The number of hydrogen-bond acceptors (Lipinski definition) is 4. The second-order valence-corrected chi connectivity index (χ2v) is 8.04. The Balaban J connectivity index is 2.11. The first-order valence-corrected chi connectivity index (χ1v) is 8.97. The van der Waals surface area contributed by atoms with Crippen LogP contribution in [0.25, 0.3) is 11.1 Å². The van der Waals surface area contributed by atoms with Crippen molar-refractivity contribution in [1.29, 1.82) is 5.26 Å². The van der Waals surface area contributed by atoms with Gasteiger partial charge in [0.25, 0.3) is 0 Å². The molecular formula is C23H23NO3. The summed E-state index contributed by atoms with van der Waals surface area (Å²) in [6.45, 7) is 8.78. The molecule has 1 saturated heterocycles. The van der Waals surface area contributed by atoms with Crippen LogP contribution in [0.2, 0.25) is 0 Å². The summed E-state index contributed by atoms with van der Waals surface area (Å²) in [5, 5.41) is 8.97. The Bertz CT molecular complexity index is 936. The molecule has 138 valence electrons. The first-order valence-electron chi connectivity index (χ1n) is 8.97. The Morgan fingerprint density at radius 3 is 1.93 bits per heavy atom. The number of benzene rings is 2. The zero-order chi connectivity index (χ0) is 20.0. The molecule has 1 aliphatic heterocycles. The minimum absolute atomic E-state index is 0.216. The van der Waals surface area contributed by atoms with E-state index in [2.05, 4.69) is 6.07 Å². The number of aryl methyl sites for hydroxylation is 1. The normalized spacial score (nSPS) is 19.0.